The highest BCUT2D eigenvalue weighted by atomic mass is 16.5. The van der Waals surface area contributed by atoms with Crippen molar-refractivity contribution in [2.75, 3.05) is 26.9 Å². The van der Waals surface area contributed by atoms with Crippen LogP contribution in [0.5, 0.6) is 5.75 Å². The summed E-state index contributed by atoms with van der Waals surface area (Å²) in [5, 5.41) is 3.12. The Morgan fingerprint density at radius 3 is 2.39 bits per heavy atom. The number of hydrogen-bond acceptors (Lipinski definition) is 3. The Morgan fingerprint density at radius 1 is 1.06 bits per heavy atom. The van der Waals surface area contributed by atoms with E-state index in [1.165, 1.54) is 5.56 Å². The largest absolute Gasteiger partial charge is 0.491 e. The molecule has 1 N–H and O–H groups in total. The fourth-order valence-corrected chi connectivity index (χ4v) is 1.55. The van der Waals surface area contributed by atoms with Gasteiger partial charge in [0.25, 0.3) is 0 Å². The van der Waals surface area contributed by atoms with Gasteiger partial charge in [-0.3, -0.25) is 0 Å². The van der Waals surface area contributed by atoms with Crippen molar-refractivity contribution in [3.05, 3.63) is 29.8 Å². The van der Waals surface area contributed by atoms with Crippen LogP contribution in [0.1, 0.15) is 25.8 Å². The Morgan fingerprint density at radius 2 is 1.78 bits per heavy atom. The second kappa shape index (κ2) is 8.95. The number of ether oxygens (including phenoxy) is 2. The molecular weight excluding hydrogens is 226 g/mol. The van der Waals surface area contributed by atoms with Crippen LogP contribution >= 0.6 is 0 Å². The van der Waals surface area contributed by atoms with Gasteiger partial charge in [0.05, 0.1) is 6.61 Å². The Bertz CT molecular complexity index is 309. The van der Waals surface area contributed by atoms with Crippen molar-refractivity contribution in [2.45, 2.75) is 26.8 Å². The van der Waals surface area contributed by atoms with Gasteiger partial charge in [-0.1, -0.05) is 26.0 Å². The topological polar surface area (TPSA) is 30.5 Å². The van der Waals surface area contributed by atoms with Gasteiger partial charge < -0.3 is 14.8 Å². The summed E-state index contributed by atoms with van der Waals surface area (Å²) in [5.41, 5.74) is 1.26. The maximum atomic E-state index is 5.60. The zero-order chi connectivity index (χ0) is 13.2. The third kappa shape index (κ3) is 6.62. The van der Waals surface area contributed by atoms with Crippen molar-refractivity contribution in [2.24, 2.45) is 5.92 Å². The first-order chi connectivity index (χ1) is 8.72. The Labute approximate surface area is 110 Å². The molecule has 3 nitrogen and oxygen atoms in total. The van der Waals surface area contributed by atoms with Crippen molar-refractivity contribution in [1.29, 1.82) is 0 Å². The maximum Gasteiger partial charge on any atom is 0.119 e. The second-order valence-electron chi connectivity index (χ2n) is 4.82. The lowest BCUT2D eigenvalue weighted by molar-refractivity contribution is 0.0926. The van der Waals surface area contributed by atoms with Crippen LogP contribution in [0.25, 0.3) is 0 Å². The van der Waals surface area contributed by atoms with E-state index in [2.05, 4.69) is 31.3 Å². The molecule has 1 aromatic rings. The summed E-state index contributed by atoms with van der Waals surface area (Å²) < 4.78 is 11.1. The number of rotatable bonds is 9. The van der Waals surface area contributed by atoms with E-state index in [1.807, 2.05) is 19.2 Å². The molecule has 0 fully saturated rings. The van der Waals surface area contributed by atoms with Gasteiger partial charge in [0, 0.05) is 13.2 Å². The zero-order valence-corrected chi connectivity index (χ0v) is 11.7. The third-order valence-electron chi connectivity index (χ3n) is 2.64. The van der Waals surface area contributed by atoms with E-state index in [0.717, 1.165) is 25.3 Å². The lowest BCUT2D eigenvalue weighted by atomic mass is 10.1. The van der Waals surface area contributed by atoms with Gasteiger partial charge in [0.2, 0.25) is 0 Å². The molecule has 0 radical (unpaired) electrons. The summed E-state index contributed by atoms with van der Waals surface area (Å²) >= 11 is 0. The van der Waals surface area contributed by atoms with Gasteiger partial charge in [-0.05, 0) is 37.1 Å². The molecule has 1 aromatic carbocycles. The minimum atomic E-state index is 0.615. The summed E-state index contributed by atoms with van der Waals surface area (Å²) in [4.78, 5) is 0. The first kappa shape index (κ1) is 15.0. The SMILES string of the molecule is CNCc1ccc(OCCOCCC(C)C)cc1. The third-order valence-corrected chi connectivity index (χ3v) is 2.64. The Balaban J connectivity index is 2.11. The quantitative estimate of drug-likeness (QED) is 0.685. The fraction of sp³-hybridized carbons (Fsp3) is 0.600. The smallest absolute Gasteiger partial charge is 0.119 e. The van der Waals surface area contributed by atoms with Crippen LogP contribution in [0.2, 0.25) is 0 Å². The molecule has 0 aliphatic carbocycles. The predicted octanol–water partition coefficient (Wildman–Crippen LogP) is 2.85. The van der Waals surface area contributed by atoms with E-state index in [-0.39, 0.29) is 0 Å². The summed E-state index contributed by atoms with van der Waals surface area (Å²) in [6, 6.07) is 8.15. The fourth-order valence-electron chi connectivity index (χ4n) is 1.55. The predicted molar refractivity (Wildman–Crippen MR) is 75.0 cm³/mol. The number of benzene rings is 1. The van der Waals surface area contributed by atoms with Crippen molar-refractivity contribution >= 4 is 0 Å². The molecular formula is C15H25NO2. The van der Waals surface area contributed by atoms with Gasteiger partial charge in [0.15, 0.2) is 0 Å². The molecule has 0 atom stereocenters. The first-order valence-electron chi connectivity index (χ1n) is 6.66. The van der Waals surface area contributed by atoms with E-state index >= 15 is 0 Å². The van der Waals surface area contributed by atoms with Gasteiger partial charge in [-0.15, -0.1) is 0 Å². The lowest BCUT2D eigenvalue weighted by Crippen LogP contribution is -2.09. The lowest BCUT2D eigenvalue weighted by Gasteiger charge is -2.09. The minimum Gasteiger partial charge on any atom is -0.491 e. The summed E-state index contributed by atoms with van der Waals surface area (Å²) in [5.74, 6) is 1.60. The molecule has 0 unspecified atom stereocenters. The van der Waals surface area contributed by atoms with Gasteiger partial charge in [-0.25, -0.2) is 0 Å². The molecule has 0 spiro atoms. The monoisotopic (exact) mass is 251 g/mol. The molecule has 0 amide bonds. The summed E-state index contributed by atoms with van der Waals surface area (Å²) in [7, 11) is 1.94. The molecule has 1 rings (SSSR count). The van der Waals surface area contributed by atoms with Crippen molar-refractivity contribution < 1.29 is 9.47 Å². The Kier molecular flexibility index (Phi) is 7.46. The molecule has 0 aliphatic rings. The van der Waals surface area contributed by atoms with Gasteiger partial charge in [-0.2, -0.15) is 0 Å². The standard InChI is InChI=1S/C15H25NO2/c1-13(2)8-9-17-10-11-18-15-6-4-14(5-7-15)12-16-3/h4-7,13,16H,8-12H2,1-3H3. The van der Waals surface area contributed by atoms with Gasteiger partial charge >= 0.3 is 0 Å². The minimum absolute atomic E-state index is 0.615. The van der Waals surface area contributed by atoms with Crippen molar-refractivity contribution in [1.82, 2.24) is 5.32 Å². The highest BCUT2D eigenvalue weighted by Crippen LogP contribution is 2.11. The van der Waals surface area contributed by atoms with E-state index in [1.54, 1.807) is 0 Å². The van der Waals surface area contributed by atoms with Crippen LogP contribution in [0.4, 0.5) is 0 Å². The van der Waals surface area contributed by atoms with Crippen LogP contribution in [0.3, 0.4) is 0 Å². The van der Waals surface area contributed by atoms with Gasteiger partial charge in [0.1, 0.15) is 12.4 Å². The molecule has 0 aromatic heterocycles. The summed E-state index contributed by atoms with van der Waals surface area (Å²) in [6.45, 7) is 7.38. The molecule has 0 bridgehead atoms. The maximum absolute atomic E-state index is 5.60. The zero-order valence-electron chi connectivity index (χ0n) is 11.7. The summed E-state index contributed by atoms with van der Waals surface area (Å²) in [6.07, 6.45) is 1.11. The highest BCUT2D eigenvalue weighted by molar-refractivity contribution is 5.27. The average molecular weight is 251 g/mol. The van der Waals surface area contributed by atoms with Crippen molar-refractivity contribution in [3.63, 3.8) is 0 Å². The van der Waals surface area contributed by atoms with Crippen LogP contribution in [0, 0.1) is 5.92 Å². The van der Waals surface area contributed by atoms with E-state index in [9.17, 15) is 0 Å². The molecule has 0 heterocycles. The van der Waals surface area contributed by atoms with Crippen LogP contribution in [-0.4, -0.2) is 26.9 Å². The average Bonchev–Trinajstić information content (AvgIpc) is 2.35. The normalized spacial score (nSPS) is 10.9. The Hall–Kier alpha value is -1.06. The van der Waals surface area contributed by atoms with Crippen LogP contribution < -0.4 is 10.1 Å². The van der Waals surface area contributed by atoms with E-state index < -0.39 is 0 Å². The van der Waals surface area contributed by atoms with E-state index in [0.29, 0.717) is 19.1 Å². The molecule has 18 heavy (non-hydrogen) atoms. The highest BCUT2D eigenvalue weighted by Gasteiger charge is 1.96. The van der Waals surface area contributed by atoms with Crippen LogP contribution in [-0.2, 0) is 11.3 Å². The number of hydrogen-bond donors (Lipinski definition) is 1. The van der Waals surface area contributed by atoms with Crippen LogP contribution in [0.15, 0.2) is 24.3 Å². The molecule has 0 saturated carbocycles. The molecule has 3 heteroatoms. The molecule has 0 aliphatic heterocycles. The number of nitrogens with one attached hydrogen (secondary N) is 1. The second-order valence-corrected chi connectivity index (χ2v) is 4.82. The molecule has 0 saturated heterocycles. The van der Waals surface area contributed by atoms with E-state index in [4.69, 9.17) is 9.47 Å². The first-order valence-corrected chi connectivity index (χ1v) is 6.66. The van der Waals surface area contributed by atoms with Crippen molar-refractivity contribution in [3.8, 4) is 5.75 Å². The molecule has 102 valence electrons.